The van der Waals surface area contributed by atoms with Crippen molar-refractivity contribution >= 4 is 39.0 Å². The van der Waals surface area contributed by atoms with Gasteiger partial charge in [-0.2, -0.15) is 0 Å². The van der Waals surface area contributed by atoms with Gasteiger partial charge in [0.25, 0.3) is 10.0 Å². The van der Waals surface area contributed by atoms with Crippen LogP contribution in [0.2, 0.25) is 0 Å². The summed E-state index contributed by atoms with van der Waals surface area (Å²) in [6, 6.07) is 19.6. The van der Waals surface area contributed by atoms with Crippen molar-refractivity contribution in [1.29, 1.82) is 0 Å². The molecule has 11 heteroatoms. The molecule has 1 atom stereocenters. The fourth-order valence-electron chi connectivity index (χ4n) is 3.71. The Hall–Kier alpha value is -4.06. The predicted molar refractivity (Wildman–Crippen MR) is 146 cm³/mol. The third-order valence-corrected chi connectivity index (χ3v) is 8.79. The van der Waals surface area contributed by atoms with Crippen LogP contribution in [0.5, 0.6) is 0 Å². The van der Waals surface area contributed by atoms with Crippen molar-refractivity contribution < 1.29 is 23.1 Å². The number of aromatic nitrogens is 1. The molecule has 4 N–H and O–H groups in total. The van der Waals surface area contributed by atoms with Crippen LogP contribution in [0.15, 0.2) is 89.4 Å². The van der Waals surface area contributed by atoms with Crippen LogP contribution in [0.1, 0.15) is 29.2 Å². The zero-order valence-electron chi connectivity index (χ0n) is 20.4. The summed E-state index contributed by atoms with van der Waals surface area (Å²) in [6.07, 6.45) is 2.92. The zero-order valence-corrected chi connectivity index (χ0v) is 22.1. The molecule has 0 radical (unpaired) electrons. The van der Waals surface area contributed by atoms with Crippen LogP contribution in [-0.2, 0) is 21.4 Å². The van der Waals surface area contributed by atoms with E-state index in [0.717, 1.165) is 28.0 Å². The van der Waals surface area contributed by atoms with Crippen molar-refractivity contribution in [3.05, 3.63) is 102 Å². The smallest absolute Gasteiger partial charge is 0.319 e. The minimum atomic E-state index is -3.99. The van der Waals surface area contributed by atoms with Gasteiger partial charge in [0.1, 0.15) is 4.21 Å². The number of carbonyl (C=O) groups excluding carboxylic acids is 1. The summed E-state index contributed by atoms with van der Waals surface area (Å²) in [7, 11) is -3.99. The number of nitrogens with one attached hydrogen (secondary N) is 3. The lowest BCUT2D eigenvalue weighted by molar-refractivity contribution is -0.137. The number of sulfonamides is 1. The van der Waals surface area contributed by atoms with Gasteiger partial charge >= 0.3 is 12.0 Å². The normalized spacial score (nSPS) is 12.0. The molecule has 2 amide bonds. The number of rotatable bonds is 10. The monoisotopic (exact) mass is 550 g/mol. The number of amides is 2. The SMILES string of the molecule is Cc1ccc(-c2ccc(S(=O)(=O)NC(CC(=O)O)c3ccccc3)s2)cc1NC(=O)NCc1ccncc1. The Morgan fingerprint density at radius 1 is 1.00 bits per heavy atom. The van der Waals surface area contributed by atoms with Crippen LogP contribution in [0, 0.1) is 6.92 Å². The highest BCUT2D eigenvalue weighted by atomic mass is 32.2. The number of carboxylic acid groups (broad SMARTS) is 1. The maximum Gasteiger partial charge on any atom is 0.319 e. The lowest BCUT2D eigenvalue weighted by atomic mass is 10.1. The van der Waals surface area contributed by atoms with Crippen LogP contribution in [0.4, 0.5) is 10.5 Å². The van der Waals surface area contributed by atoms with Crippen LogP contribution >= 0.6 is 11.3 Å². The molecule has 196 valence electrons. The molecule has 38 heavy (non-hydrogen) atoms. The fourth-order valence-corrected chi connectivity index (χ4v) is 6.26. The van der Waals surface area contributed by atoms with Crippen LogP contribution in [0.3, 0.4) is 0 Å². The Bertz CT molecular complexity index is 1520. The first-order valence-electron chi connectivity index (χ1n) is 11.6. The molecule has 0 aliphatic heterocycles. The van der Waals surface area contributed by atoms with Crippen LogP contribution in [0.25, 0.3) is 10.4 Å². The van der Waals surface area contributed by atoms with E-state index in [1.165, 1.54) is 6.07 Å². The predicted octanol–water partition coefficient (Wildman–Crippen LogP) is 4.93. The standard InChI is InChI=1S/C27H26N4O5S2/c1-18-7-8-21(15-22(18)30-27(34)29-17-19-11-13-28-14-12-19)24-9-10-26(37-24)38(35,36)31-23(16-25(32)33)20-5-3-2-4-6-20/h2-15,23,31H,16-17H2,1H3,(H,32,33)(H2,29,30,34). The van der Waals surface area contributed by atoms with E-state index in [9.17, 15) is 23.1 Å². The second-order valence-electron chi connectivity index (χ2n) is 8.49. The molecule has 0 aliphatic rings. The quantitative estimate of drug-likeness (QED) is 0.221. The van der Waals surface area contributed by atoms with Crippen molar-refractivity contribution in [2.24, 2.45) is 0 Å². The number of aliphatic carboxylic acids is 1. The minimum absolute atomic E-state index is 0.0593. The van der Waals surface area contributed by atoms with Crippen molar-refractivity contribution in [2.45, 2.75) is 30.1 Å². The Morgan fingerprint density at radius 2 is 1.74 bits per heavy atom. The van der Waals surface area contributed by atoms with E-state index in [0.29, 0.717) is 22.7 Å². The molecule has 4 aromatic rings. The molecule has 2 heterocycles. The van der Waals surface area contributed by atoms with Crippen molar-refractivity contribution in [2.75, 3.05) is 5.32 Å². The van der Waals surface area contributed by atoms with Gasteiger partial charge in [-0.25, -0.2) is 17.9 Å². The summed E-state index contributed by atoms with van der Waals surface area (Å²) in [4.78, 5) is 28.5. The van der Waals surface area contributed by atoms with E-state index in [4.69, 9.17) is 0 Å². The number of aryl methyl sites for hydroxylation is 1. The minimum Gasteiger partial charge on any atom is -0.481 e. The molecule has 2 aromatic carbocycles. The molecular formula is C27H26N4O5S2. The Labute approximate surface area is 224 Å². The highest BCUT2D eigenvalue weighted by Gasteiger charge is 2.25. The maximum atomic E-state index is 13.1. The third kappa shape index (κ3) is 7.03. The van der Waals surface area contributed by atoms with E-state index in [1.807, 2.05) is 31.2 Å². The molecular weight excluding hydrogens is 524 g/mol. The molecule has 9 nitrogen and oxygen atoms in total. The summed E-state index contributed by atoms with van der Waals surface area (Å²) in [5, 5.41) is 14.9. The van der Waals surface area contributed by atoms with Gasteiger partial charge in [-0.15, -0.1) is 11.3 Å². The van der Waals surface area contributed by atoms with Crippen LogP contribution < -0.4 is 15.4 Å². The summed E-state index contributed by atoms with van der Waals surface area (Å²) < 4.78 is 28.9. The molecule has 0 aliphatic carbocycles. The number of urea groups is 1. The molecule has 0 spiro atoms. The number of carboxylic acids is 1. The van der Waals surface area contributed by atoms with Gasteiger partial charge in [-0.3, -0.25) is 9.78 Å². The van der Waals surface area contributed by atoms with E-state index in [1.54, 1.807) is 54.9 Å². The first-order valence-corrected chi connectivity index (χ1v) is 13.9. The summed E-state index contributed by atoms with van der Waals surface area (Å²) >= 11 is 1.06. The molecule has 0 bridgehead atoms. The number of nitrogens with zero attached hydrogens (tertiary/aromatic N) is 1. The van der Waals surface area contributed by atoms with E-state index in [-0.39, 0.29) is 10.2 Å². The number of benzene rings is 2. The Kier molecular flexibility index (Phi) is 8.52. The maximum absolute atomic E-state index is 13.1. The van der Waals surface area contributed by atoms with Gasteiger partial charge < -0.3 is 15.7 Å². The number of anilines is 1. The fraction of sp³-hybridized carbons (Fsp3) is 0.148. The summed E-state index contributed by atoms with van der Waals surface area (Å²) in [5.41, 5.74) is 3.65. The van der Waals surface area contributed by atoms with Gasteiger partial charge in [0.15, 0.2) is 0 Å². The van der Waals surface area contributed by atoms with Gasteiger partial charge in [0.2, 0.25) is 0 Å². The first-order chi connectivity index (χ1) is 18.2. The second kappa shape index (κ2) is 12.0. The molecule has 4 rings (SSSR count). The first kappa shape index (κ1) is 27.0. The van der Waals surface area contributed by atoms with Gasteiger partial charge in [0, 0.05) is 29.5 Å². The molecule has 0 saturated carbocycles. The zero-order chi connectivity index (χ0) is 27.1. The summed E-state index contributed by atoms with van der Waals surface area (Å²) in [5.74, 6) is -1.11. The van der Waals surface area contributed by atoms with Gasteiger partial charge in [-0.05, 0) is 59.5 Å². The van der Waals surface area contributed by atoms with Gasteiger partial charge in [0.05, 0.1) is 12.5 Å². The number of pyridine rings is 1. The van der Waals surface area contributed by atoms with E-state index >= 15 is 0 Å². The average molecular weight is 551 g/mol. The number of thiophene rings is 1. The highest BCUT2D eigenvalue weighted by molar-refractivity contribution is 7.91. The highest BCUT2D eigenvalue weighted by Crippen LogP contribution is 2.34. The molecule has 2 aromatic heterocycles. The number of hydrogen-bond acceptors (Lipinski definition) is 6. The lowest BCUT2D eigenvalue weighted by Crippen LogP contribution is -2.29. The van der Waals surface area contributed by atoms with E-state index < -0.39 is 28.5 Å². The molecule has 0 saturated heterocycles. The topological polar surface area (TPSA) is 137 Å². The summed E-state index contributed by atoms with van der Waals surface area (Å²) in [6.45, 7) is 2.21. The largest absolute Gasteiger partial charge is 0.481 e. The second-order valence-corrected chi connectivity index (χ2v) is 11.5. The van der Waals surface area contributed by atoms with Gasteiger partial charge in [-0.1, -0.05) is 42.5 Å². The van der Waals surface area contributed by atoms with Crippen LogP contribution in [-0.4, -0.2) is 30.5 Å². The molecule has 1 unspecified atom stereocenters. The average Bonchev–Trinajstić information content (AvgIpc) is 3.41. The van der Waals surface area contributed by atoms with Crippen molar-refractivity contribution in [1.82, 2.24) is 15.0 Å². The third-order valence-electron chi connectivity index (χ3n) is 5.70. The van der Waals surface area contributed by atoms with Crippen molar-refractivity contribution in [3.8, 4) is 10.4 Å². The Morgan fingerprint density at radius 3 is 2.45 bits per heavy atom. The molecule has 0 fully saturated rings. The van der Waals surface area contributed by atoms with E-state index in [2.05, 4.69) is 20.3 Å². The Balaban J connectivity index is 1.49. The number of hydrogen-bond donors (Lipinski definition) is 4. The number of carbonyl (C=O) groups is 2. The lowest BCUT2D eigenvalue weighted by Gasteiger charge is -2.16. The van der Waals surface area contributed by atoms with Crippen molar-refractivity contribution in [3.63, 3.8) is 0 Å².